The summed E-state index contributed by atoms with van der Waals surface area (Å²) in [6.07, 6.45) is 6.12. The number of allylic oxidation sites excluding steroid dienone is 6. The maximum absolute atomic E-state index is 2.63. The van der Waals surface area contributed by atoms with Crippen LogP contribution in [0.3, 0.4) is 0 Å². The second-order valence-electron chi connectivity index (χ2n) is 14.9. The molecule has 0 amide bonds. The first-order valence-corrected chi connectivity index (χ1v) is 19.0. The molecule has 0 radical (unpaired) electrons. The van der Waals surface area contributed by atoms with Gasteiger partial charge >= 0.3 is 26.2 Å². The Morgan fingerprint density at radius 3 is 2.10 bits per heavy atom. The average Bonchev–Trinajstić information content (AvgIpc) is 3.49. The molecule has 1 fully saturated rings. The fourth-order valence-electron chi connectivity index (χ4n) is 8.87. The van der Waals surface area contributed by atoms with Gasteiger partial charge in [-0.1, -0.05) is 140 Å². The van der Waals surface area contributed by atoms with Crippen LogP contribution in [-0.4, -0.2) is 8.07 Å². The predicted molar refractivity (Wildman–Crippen MR) is 174 cm³/mol. The van der Waals surface area contributed by atoms with Gasteiger partial charge in [0, 0.05) is 13.5 Å². The number of benzene rings is 1. The number of hydrogen-bond acceptors (Lipinski definition) is 0. The summed E-state index contributed by atoms with van der Waals surface area (Å²) in [7, 11) is -1.01. The molecule has 6 rings (SSSR count). The Morgan fingerprint density at radius 1 is 0.929 bits per heavy atom. The molecule has 0 saturated heterocycles. The van der Waals surface area contributed by atoms with Crippen molar-refractivity contribution in [2.45, 2.75) is 88.4 Å². The molecule has 0 aromatic heterocycles. The summed E-state index contributed by atoms with van der Waals surface area (Å²) in [6, 6.07) is 16.0. The SMILES string of the molecule is C[C-]1C2=C3Cc4ccccc4C3=C3C=CC(C)C(C)C3(C)C2(C)C(C)C(C)C1C.Cc1cc([Si](C)(C)C)c[cH-]1.[Cl-].[Cl-].[Zr+4]. The molecule has 0 bridgehead atoms. The summed E-state index contributed by atoms with van der Waals surface area (Å²) in [5.41, 5.74) is 11.3. The second-order valence-corrected chi connectivity index (χ2v) is 20.0. The molecular weight excluding hydrogens is 647 g/mol. The van der Waals surface area contributed by atoms with E-state index in [1.54, 1.807) is 33.4 Å². The van der Waals surface area contributed by atoms with Crippen molar-refractivity contribution >= 4 is 18.8 Å². The van der Waals surface area contributed by atoms with E-state index in [0.29, 0.717) is 29.6 Å². The van der Waals surface area contributed by atoms with E-state index < -0.39 is 8.07 Å². The molecule has 0 spiro atoms. The number of hydrogen-bond donors (Lipinski definition) is 0. The van der Waals surface area contributed by atoms with Gasteiger partial charge in [0.2, 0.25) is 0 Å². The van der Waals surface area contributed by atoms with Crippen LogP contribution in [0.25, 0.3) is 5.57 Å². The molecule has 2 aromatic carbocycles. The zero-order chi connectivity index (χ0) is 28.7. The first-order chi connectivity index (χ1) is 18.2. The Labute approximate surface area is 290 Å². The van der Waals surface area contributed by atoms with Crippen LogP contribution >= 0.6 is 0 Å². The van der Waals surface area contributed by atoms with Gasteiger partial charge in [-0.25, -0.2) is 17.2 Å². The molecule has 2 aromatic rings. The van der Waals surface area contributed by atoms with Crippen molar-refractivity contribution < 1.29 is 51.0 Å². The van der Waals surface area contributed by atoms with Crippen LogP contribution in [0.15, 0.2) is 71.3 Å². The number of halogens is 2. The summed E-state index contributed by atoms with van der Waals surface area (Å²) in [6.45, 7) is 29.5. The van der Waals surface area contributed by atoms with E-state index in [2.05, 4.69) is 137 Å². The van der Waals surface area contributed by atoms with E-state index in [9.17, 15) is 0 Å². The molecule has 0 nitrogen and oxygen atoms in total. The number of rotatable bonds is 1. The van der Waals surface area contributed by atoms with Crippen LogP contribution < -0.4 is 30.0 Å². The van der Waals surface area contributed by atoms with E-state index in [-0.39, 0.29) is 61.8 Å². The van der Waals surface area contributed by atoms with Gasteiger partial charge in [-0.2, -0.15) is 28.8 Å². The van der Waals surface area contributed by atoms with Gasteiger partial charge in [0.25, 0.3) is 0 Å². The van der Waals surface area contributed by atoms with Crippen LogP contribution in [0.2, 0.25) is 19.6 Å². The predicted octanol–water partition coefficient (Wildman–Crippen LogP) is 3.94. The first-order valence-electron chi connectivity index (χ1n) is 15.5. The van der Waals surface area contributed by atoms with E-state index in [1.807, 2.05) is 0 Å². The first kappa shape index (κ1) is 37.5. The van der Waals surface area contributed by atoms with Gasteiger partial charge in [-0.15, -0.1) is 6.92 Å². The molecule has 4 aliphatic rings. The van der Waals surface area contributed by atoms with E-state index >= 15 is 0 Å². The molecule has 4 heteroatoms. The van der Waals surface area contributed by atoms with Gasteiger partial charge < -0.3 is 24.8 Å². The normalized spacial score (nSPS) is 32.7. The summed E-state index contributed by atoms with van der Waals surface area (Å²) >= 11 is 0. The maximum atomic E-state index is 2.63. The molecular formula is C38H52Cl2SiZr. The fraction of sp³-hybridized carbons (Fsp3) is 0.526. The zero-order valence-corrected chi connectivity index (χ0v) is 33.0. The van der Waals surface area contributed by atoms with Crippen LogP contribution in [-0.2, 0) is 32.6 Å². The molecule has 0 aliphatic heterocycles. The van der Waals surface area contributed by atoms with Crippen molar-refractivity contribution in [1.29, 1.82) is 0 Å². The van der Waals surface area contributed by atoms with Gasteiger partial charge in [-0.05, 0) is 34.7 Å². The molecule has 42 heavy (non-hydrogen) atoms. The van der Waals surface area contributed by atoms with E-state index in [1.165, 1.54) is 16.7 Å². The summed E-state index contributed by atoms with van der Waals surface area (Å²) in [5, 5.41) is 1.57. The van der Waals surface area contributed by atoms with E-state index in [4.69, 9.17) is 0 Å². The third-order valence-corrected chi connectivity index (χ3v) is 14.3. The molecule has 7 unspecified atom stereocenters. The third kappa shape index (κ3) is 5.42. The molecule has 226 valence electrons. The molecule has 1 saturated carbocycles. The van der Waals surface area contributed by atoms with Crippen molar-refractivity contribution in [2.75, 3.05) is 0 Å². The quantitative estimate of drug-likeness (QED) is 0.313. The minimum absolute atomic E-state index is 0. The Morgan fingerprint density at radius 2 is 1.55 bits per heavy atom. The standard InChI is InChI=1S/C29H37.C9H15Si.2ClH.Zr/c1-16-13-14-25-26-23-12-10-9-11-22(23)15-24(26)27-19(4)17(2)18(3)21(6)29(27,8)28(25,7)20(16)5;1-8-5-6-9(7-8)10(2,3)4;;;/h9-14,16-18,20-21H,15H2,1-8H3;5-7H,1-4H3;2*1H;/q2*-1;;;+4/p-2. The topological polar surface area (TPSA) is 0 Å². The fourth-order valence-corrected chi connectivity index (χ4v) is 10.1. The molecule has 4 aliphatic carbocycles. The Bertz CT molecular complexity index is 1370. The van der Waals surface area contributed by atoms with Crippen LogP contribution in [0, 0.1) is 53.3 Å². The Balaban J connectivity index is 0.000000409. The monoisotopic (exact) mass is 696 g/mol. The maximum Gasteiger partial charge on any atom is 4.00 e. The minimum Gasteiger partial charge on any atom is -1.00 e. The summed E-state index contributed by atoms with van der Waals surface area (Å²) in [5.74, 6) is 4.93. The number of aryl methyl sites for hydroxylation is 1. The van der Waals surface area contributed by atoms with Crippen molar-refractivity contribution in [1.82, 2.24) is 0 Å². The Kier molecular flexibility index (Phi) is 11.6. The second kappa shape index (κ2) is 13.0. The summed E-state index contributed by atoms with van der Waals surface area (Å²) in [4.78, 5) is 0. The largest absolute Gasteiger partial charge is 4.00 e. The average molecular weight is 699 g/mol. The van der Waals surface area contributed by atoms with Gasteiger partial charge in [0.15, 0.2) is 0 Å². The zero-order valence-electron chi connectivity index (χ0n) is 28.0. The molecule has 7 atom stereocenters. The van der Waals surface area contributed by atoms with Crippen molar-refractivity contribution in [3.63, 3.8) is 0 Å². The van der Waals surface area contributed by atoms with Crippen LogP contribution in [0.1, 0.15) is 72.1 Å². The number of fused-ring (bicyclic) bond motifs is 6. The van der Waals surface area contributed by atoms with Gasteiger partial charge in [-0.3, -0.25) is 0 Å². The Hall–Kier alpha value is -0.660. The minimum atomic E-state index is -1.01. The van der Waals surface area contributed by atoms with Crippen LogP contribution in [0.5, 0.6) is 0 Å². The van der Waals surface area contributed by atoms with Crippen molar-refractivity contribution in [3.05, 3.63) is 93.9 Å². The van der Waals surface area contributed by atoms with Gasteiger partial charge in [0.1, 0.15) is 0 Å². The van der Waals surface area contributed by atoms with E-state index in [0.717, 1.165) is 6.42 Å². The summed E-state index contributed by atoms with van der Waals surface area (Å²) < 4.78 is 0. The van der Waals surface area contributed by atoms with Gasteiger partial charge in [0.05, 0.1) is 0 Å². The van der Waals surface area contributed by atoms with Crippen molar-refractivity contribution in [2.24, 2.45) is 40.4 Å². The smallest absolute Gasteiger partial charge is 1.00 e. The third-order valence-electron chi connectivity index (χ3n) is 12.3. The molecule has 0 heterocycles. The molecule has 0 N–H and O–H groups in total. The van der Waals surface area contributed by atoms with Crippen molar-refractivity contribution in [3.8, 4) is 0 Å². The van der Waals surface area contributed by atoms with Crippen LogP contribution in [0.4, 0.5) is 0 Å².